The lowest BCUT2D eigenvalue weighted by molar-refractivity contribution is -1.48. The summed E-state index contributed by atoms with van der Waals surface area (Å²) in [5.74, 6) is 0. The van der Waals surface area contributed by atoms with Gasteiger partial charge in [0, 0.05) is 16.2 Å². The number of hydroxylamine groups is 11. The minimum absolute atomic E-state index is 0.0174. The monoisotopic (exact) mass is 222 g/mol. The Morgan fingerprint density at radius 1 is 1.00 bits per heavy atom. The number of nitrogens with zero attached hydrogens (tertiary/aromatic N) is 3. The quantitative estimate of drug-likeness (QED) is 0.640. The van der Waals surface area contributed by atoms with E-state index in [9.17, 15) is 0 Å². The van der Waals surface area contributed by atoms with Crippen LogP contribution in [0.2, 0.25) is 0 Å². The van der Waals surface area contributed by atoms with Crippen molar-refractivity contribution in [2.75, 3.05) is 48.5 Å². The van der Waals surface area contributed by atoms with Crippen LogP contribution in [0.3, 0.4) is 0 Å². The topological polar surface area (TPSA) is 27.7 Å². The standard InChI is InChI=1S/C9H24N3O3/c1-7-8-12(6)13-9-10(2,3)14-11(4,5)15-12/h7-9H2,1-6H3/q+3. The minimum atomic E-state index is 0.0174. The van der Waals surface area contributed by atoms with Gasteiger partial charge in [0.2, 0.25) is 0 Å². The van der Waals surface area contributed by atoms with Crippen LogP contribution in [0.25, 0.3) is 0 Å². The van der Waals surface area contributed by atoms with Gasteiger partial charge < -0.3 is 0 Å². The Morgan fingerprint density at radius 2 is 1.60 bits per heavy atom. The van der Waals surface area contributed by atoms with Crippen molar-refractivity contribution in [3.8, 4) is 0 Å². The second-order valence-electron chi connectivity index (χ2n) is 4.99. The third kappa shape index (κ3) is 3.67. The van der Waals surface area contributed by atoms with Crippen molar-refractivity contribution in [3.05, 3.63) is 0 Å². The van der Waals surface area contributed by atoms with Gasteiger partial charge in [-0.2, -0.15) is 0 Å². The molecule has 1 aliphatic rings. The molecule has 1 saturated heterocycles. The molecule has 0 aliphatic carbocycles. The van der Waals surface area contributed by atoms with Crippen LogP contribution in [0.4, 0.5) is 0 Å². The van der Waals surface area contributed by atoms with Crippen molar-refractivity contribution in [1.82, 2.24) is 0 Å². The van der Waals surface area contributed by atoms with E-state index in [-0.39, 0.29) is 9.62 Å². The van der Waals surface area contributed by atoms with E-state index in [0.29, 0.717) is 11.4 Å². The number of quaternary nitrogens is 3. The first-order chi connectivity index (χ1) is 6.68. The van der Waals surface area contributed by atoms with E-state index in [1.165, 1.54) is 0 Å². The fraction of sp³-hybridized carbons (Fsp3) is 1.00. The maximum absolute atomic E-state index is 5.78. The summed E-state index contributed by atoms with van der Waals surface area (Å²) in [5, 5.41) is 0. The number of hydrogen-bond donors (Lipinski definition) is 0. The average Bonchev–Trinajstić information content (AvgIpc) is 2.04. The van der Waals surface area contributed by atoms with E-state index in [2.05, 4.69) is 6.92 Å². The Hall–Kier alpha value is -0.240. The molecular weight excluding hydrogens is 198 g/mol. The van der Waals surface area contributed by atoms with E-state index >= 15 is 0 Å². The van der Waals surface area contributed by atoms with Crippen LogP contribution >= 0.6 is 0 Å². The van der Waals surface area contributed by atoms with Crippen molar-refractivity contribution in [2.24, 2.45) is 0 Å². The molecule has 1 fully saturated rings. The largest absolute Gasteiger partial charge is 0.273 e. The highest BCUT2D eigenvalue weighted by molar-refractivity contribution is 4.16. The molecule has 0 saturated carbocycles. The first kappa shape index (κ1) is 12.8. The lowest BCUT2D eigenvalue weighted by Gasteiger charge is -2.26. The molecule has 1 atom stereocenters. The van der Waals surface area contributed by atoms with Crippen LogP contribution < -0.4 is 0 Å². The lowest BCUT2D eigenvalue weighted by Crippen LogP contribution is -2.54. The molecule has 0 aromatic carbocycles. The highest BCUT2D eigenvalue weighted by atomic mass is 17.2. The first-order valence-corrected chi connectivity index (χ1v) is 5.28. The van der Waals surface area contributed by atoms with Gasteiger partial charge in [0.05, 0.1) is 9.75 Å². The molecule has 1 unspecified atom stereocenters. The average molecular weight is 222 g/mol. The molecule has 0 radical (unpaired) electrons. The zero-order chi connectivity index (χ0) is 11.7. The Balaban J connectivity index is 2.81. The number of hydrogen-bond acceptors (Lipinski definition) is 3. The van der Waals surface area contributed by atoms with Gasteiger partial charge in [-0.1, -0.05) is 11.8 Å². The minimum Gasteiger partial charge on any atom is -0.101 e. The third-order valence-electron chi connectivity index (χ3n) is 2.06. The Kier molecular flexibility index (Phi) is 3.39. The molecule has 6 nitrogen and oxygen atoms in total. The molecule has 0 aromatic rings. The molecule has 0 spiro atoms. The maximum Gasteiger partial charge on any atom is 0.273 e. The molecule has 90 valence electrons. The van der Waals surface area contributed by atoms with Gasteiger partial charge in [0.25, 0.3) is 6.73 Å². The summed E-state index contributed by atoms with van der Waals surface area (Å²) in [4.78, 5) is 17.4. The third-order valence-corrected chi connectivity index (χ3v) is 2.06. The summed E-state index contributed by atoms with van der Waals surface area (Å²) in [7, 11) is 9.47. The fourth-order valence-electron chi connectivity index (χ4n) is 1.78. The number of rotatable bonds is 2. The van der Waals surface area contributed by atoms with E-state index in [1.54, 1.807) is 0 Å². The van der Waals surface area contributed by atoms with Gasteiger partial charge >= 0.3 is 0 Å². The Morgan fingerprint density at radius 3 is 2.13 bits per heavy atom. The van der Waals surface area contributed by atoms with Crippen molar-refractivity contribution in [1.29, 1.82) is 0 Å². The van der Waals surface area contributed by atoms with E-state index in [0.717, 1.165) is 13.0 Å². The zero-order valence-electron chi connectivity index (χ0n) is 10.7. The van der Waals surface area contributed by atoms with E-state index in [4.69, 9.17) is 14.7 Å². The second-order valence-corrected chi connectivity index (χ2v) is 4.99. The molecule has 0 bridgehead atoms. The van der Waals surface area contributed by atoms with Gasteiger partial charge in [-0.15, -0.1) is 4.65 Å². The van der Waals surface area contributed by atoms with Crippen molar-refractivity contribution in [2.45, 2.75) is 13.3 Å². The zero-order valence-corrected chi connectivity index (χ0v) is 10.7. The second kappa shape index (κ2) is 3.97. The summed E-state index contributed by atoms with van der Waals surface area (Å²) in [6, 6.07) is 0. The molecule has 0 amide bonds. The van der Waals surface area contributed by atoms with Crippen LogP contribution in [0, 0.1) is 0 Å². The molecule has 6 heteroatoms. The Labute approximate surface area is 91.7 Å². The highest BCUT2D eigenvalue weighted by Gasteiger charge is 2.48. The van der Waals surface area contributed by atoms with Crippen LogP contribution in [-0.4, -0.2) is 62.8 Å². The van der Waals surface area contributed by atoms with Crippen molar-refractivity contribution in [3.63, 3.8) is 0 Å². The normalized spacial score (nSPS) is 34.8. The summed E-state index contributed by atoms with van der Waals surface area (Å²) >= 11 is 0. The molecule has 1 heterocycles. The smallest absolute Gasteiger partial charge is 0.101 e. The van der Waals surface area contributed by atoms with Crippen LogP contribution in [0.15, 0.2) is 0 Å². The molecule has 1 aliphatic heterocycles. The van der Waals surface area contributed by atoms with E-state index < -0.39 is 0 Å². The molecular formula is C9H24N3O3+3. The SMILES string of the molecule is CCC[N+]1(C)OC[N+](C)(C)O[N+](C)(C)O1. The van der Waals surface area contributed by atoms with Gasteiger partial charge in [-0.05, 0) is 0 Å². The van der Waals surface area contributed by atoms with Gasteiger partial charge in [0.15, 0.2) is 0 Å². The first-order valence-electron chi connectivity index (χ1n) is 5.28. The van der Waals surface area contributed by atoms with Crippen LogP contribution in [0.1, 0.15) is 13.3 Å². The fourth-order valence-corrected chi connectivity index (χ4v) is 1.78. The van der Waals surface area contributed by atoms with E-state index in [1.807, 2.05) is 35.2 Å². The predicted octanol–water partition coefficient (Wildman–Crippen LogP) is 0.592. The summed E-state index contributed by atoms with van der Waals surface area (Å²) in [6.45, 7) is 3.35. The Bertz CT molecular complexity index is 233. The van der Waals surface area contributed by atoms with Gasteiger partial charge in [-0.25, -0.2) is 0 Å². The summed E-state index contributed by atoms with van der Waals surface area (Å²) in [5.41, 5.74) is 0. The molecule has 0 N–H and O–H groups in total. The lowest BCUT2D eigenvalue weighted by atomic mass is 10.5. The van der Waals surface area contributed by atoms with Gasteiger partial charge in [0.1, 0.15) is 41.8 Å². The summed E-state index contributed by atoms with van der Waals surface area (Å²) < 4.78 is 0.310. The highest BCUT2D eigenvalue weighted by Crippen LogP contribution is 2.22. The maximum atomic E-state index is 5.78. The van der Waals surface area contributed by atoms with Crippen LogP contribution in [-0.2, 0) is 14.7 Å². The summed E-state index contributed by atoms with van der Waals surface area (Å²) in [6.07, 6.45) is 0.990. The molecule has 1 rings (SSSR count). The van der Waals surface area contributed by atoms with Crippen LogP contribution in [0.5, 0.6) is 0 Å². The van der Waals surface area contributed by atoms with Crippen molar-refractivity contribution < 1.29 is 29.0 Å². The predicted molar refractivity (Wildman–Crippen MR) is 53.7 cm³/mol. The van der Waals surface area contributed by atoms with Crippen molar-refractivity contribution >= 4 is 0 Å². The molecule has 0 aromatic heterocycles. The molecule has 15 heavy (non-hydrogen) atoms. The van der Waals surface area contributed by atoms with Gasteiger partial charge in [-0.3, -0.25) is 0 Å².